The number of piperidine rings is 1. The Kier molecular flexibility index (Phi) is 2.52. The van der Waals surface area contributed by atoms with Crippen LogP contribution in [0.1, 0.15) is 26.2 Å². The lowest BCUT2D eigenvalue weighted by atomic mass is 10.0. The van der Waals surface area contributed by atoms with E-state index in [2.05, 4.69) is 21.8 Å². The maximum atomic E-state index is 5.61. The van der Waals surface area contributed by atoms with Crippen molar-refractivity contribution in [1.82, 2.24) is 9.97 Å². The van der Waals surface area contributed by atoms with E-state index in [0.29, 0.717) is 11.9 Å². The molecular weight excluding hydrogens is 176 g/mol. The minimum absolute atomic E-state index is 0.500. The third kappa shape index (κ3) is 1.78. The number of hydrogen-bond donors (Lipinski definition) is 1. The molecule has 76 valence electrons. The van der Waals surface area contributed by atoms with E-state index in [0.717, 1.165) is 12.4 Å². The smallest absolute Gasteiger partial charge is 0.149 e. The Morgan fingerprint density at radius 1 is 1.43 bits per heavy atom. The molecule has 0 spiro atoms. The van der Waals surface area contributed by atoms with Gasteiger partial charge in [0, 0.05) is 12.6 Å². The predicted octanol–water partition coefficient (Wildman–Crippen LogP) is 1.44. The highest BCUT2D eigenvalue weighted by Crippen LogP contribution is 2.22. The SMILES string of the molecule is CC1CCCCN1c1cncc(N)n1. The van der Waals surface area contributed by atoms with Gasteiger partial charge in [0.15, 0.2) is 0 Å². The third-order valence-corrected chi connectivity index (χ3v) is 2.74. The average molecular weight is 192 g/mol. The minimum atomic E-state index is 0.500. The van der Waals surface area contributed by atoms with Gasteiger partial charge in [-0.3, -0.25) is 4.98 Å². The van der Waals surface area contributed by atoms with Gasteiger partial charge in [0.1, 0.15) is 11.6 Å². The quantitative estimate of drug-likeness (QED) is 0.731. The number of hydrogen-bond acceptors (Lipinski definition) is 4. The van der Waals surface area contributed by atoms with E-state index in [1.54, 1.807) is 12.4 Å². The van der Waals surface area contributed by atoms with Crippen LogP contribution in [-0.4, -0.2) is 22.6 Å². The van der Waals surface area contributed by atoms with Crippen molar-refractivity contribution in [3.63, 3.8) is 0 Å². The Balaban J connectivity index is 2.20. The minimum Gasteiger partial charge on any atom is -0.382 e. The van der Waals surface area contributed by atoms with Crippen molar-refractivity contribution in [3.8, 4) is 0 Å². The van der Waals surface area contributed by atoms with Crippen LogP contribution >= 0.6 is 0 Å². The van der Waals surface area contributed by atoms with Crippen LogP contribution in [0.5, 0.6) is 0 Å². The van der Waals surface area contributed by atoms with Crippen LogP contribution in [0.25, 0.3) is 0 Å². The van der Waals surface area contributed by atoms with Gasteiger partial charge in [-0.15, -0.1) is 0 Å². The van der Waals surface area contributed by atoms with E-state index >= 15 is 0 Å². The summed E-state index contributed by atoms with van der Waals surface area (Å²) in [6, 6.07) is 0.555. The first-order valence-electron chi connectivity index (χ1n) is 5.11. The fourth-order valence-corrected chi connectivity index (χ4v) is 1.95. The monoisotopic (exact) mass is 192 g/mol. The Morgan fingerprint density at radius 2 is 2.29 bits per heavy atom. The summed E-state index contributed by atoms with van der Waals surface area (Å²) < 4.78 is 0. The van der Waals surface area contributed by atoms with Gasteiger partial charge in [-0.05, 0) is 26.2 Å². The molecule has 14 heavy (non-hydrogen) atoms. The molecule has 1 saturated heterocycles. The van der Waals surface area contributed by atoms with E-state index in [1.807, 2.05) is 0 Å². The second-order valence-electron chi connectivity index (χ2n) is 3.84. The molecule has 1 aromatic rings. The molecule has 1 atom stereocenters. The second kappa shape index (κ2) is 3.82. The van der Waals surface area contributed by atoms with Crippen molar-refractivity contribution in [1.29, 1.82) is 0 Å². The second-order valence-corrected chi connectivity index (χ2v) is 3.84. The van der Waals surface area contributed by atoms with Crippen LogP contribution in [0, 0.1) is 0 Å². The number of nitrogens with zero attached hydrogens (tertiary/aromatic N) is 3. The zero-order valence-electron chi connectivity index (χ0n) is 8.48. The van der Waals surface area contributed by atoms with Crippen molar-refractivity contribution < 1.29 is 0 Å². The largest absolute Gasteiger partial charge is 0.382 e. The average Bonchev–Trinajstić information content (AvgIpc) is 2.18. The van der Waals surface area contributed by atoms with Gasteiger partial charge in [-0.25, -0.2) is 4.98 Å². The van der Waals surface area contributed by atoms with Gasteiger partial charge in [-0.1, -0.05) is 0 Å². The summed E-state index contributed by atoms with van der Waals surface area (Å²) in [5, 5.41) is 0. The molecule has 0 amide bonds. The van der Waals surface area contributed by atoms with Crippen molar-refractivity contribution in [3.05, 3.63) is 12.4 Å². The molecule has 1 aliphatic rings. The standard InChI is InChI=1S/C10H16N4/c1-8-4-2-3-5-14(8)10-7-12-6-9(11)13-10/h6-8H,2-5H2,1H3,(H2,11,13). The molecule has 1 aromatic heterocycles. The number of anilines is 2. The molecule has 2 N–H and O–H groups in total. The molecule has 2 heterocycles. The summed E-state index contributed by atoms with van der Waals surface area (Å²) in [6.45, 7) is 3.29. The fourth-order valence-electron chi connectivity index (χ4n) is 1.95. The molecule has 0 aliphatic carbocycles. The summed E-state index contributed by atoms with van der Waals surface area (Å²) >= 11 is 0. The molecule has 0 saturated carbocycles. The van der Waals surface area contributed by atoms with Crippen molar-refractivity contribution in [2.75, 3.05) is 17.2 Å². The van der Waals surface area contributed by atoms with Crippen LogP contribution in [-0.2, 0) is 0 Å². The van der Waals surface area contributed by atoms with Crippen molar-refractivity contribution in [2.45, 2.75) is 32.2 Å². The summed E-state index contributed by atoms with van der Waals surface area (Å²) in [4.78, 5) is 10.6. The molecule has 4 nitrogen and oxygen atoms in total. The lowest BCUT2D eigenvalue weighted by Crippen LogP contribution is -2.38. The van der Waals surface area contributed by atoms with E-state index in [9.17, 15) is 0 Å². The molecule has 0 aromatic carbocycles. The zero-order chi connectivity index (χ0) is 9.97. The van der Waals surface area contributed by atoms with Crippen LogP contribution in [0.3, 0.4) is 0 Å². The van der Waals surface area contributed by atoms with Crippen molar-refractivity contribution in [2.24, 2.45) is 0 Å². The van der Waals surface area contributed by atoms with Crippen LogP contribution in [0.15, 0.2) is 12.4 Å². The molecule has 0 radical (unpaired) electrons. The summed E-state index contributed by atoms with van der Waals surface area (Å²) in [5.74, 6) is 1.41. The Morgan fingerprint density at radius 3 is 3.00 bits per heavy atom. The summed E-state index contributed by atoms with van der Waals surface area (Å²) in [7, 11) is 0. The Hall–Kier alpha value is -1.32. The number of nitrogen functional groups attached to an aromatic ring is 1. The van der Waals surface area contributed by atoms with Gasteiger partial charge < -0.3 is 10.6 Å². The molecule has 1 aliphatic heterocycles. The normalized spacial score (nSPS) is 22.4. The topological polar surface area (TPSA) is 55.0 Å². The maximum Gasteiger partial charge on any atom is 0.149 e. The fraction of sp³-hybridized carbons (Fsp3) is 0.600. The zero-order valence-corrected chi connectivity index (χ0v) is 8.48. The maximum absolute atomic E-state index is 5.61. The molecule has 2 rings (SSSR count). The van der Waals surface area contributed by atoms with Crippen LogP contribution < -0.4 is 10.6 Å². The summed E-state index contributed by atoms with van der Waals surface area (Å²) in [6.07, 6.45) is 7.15. The van der Waals surface area contributed by atoms with Gasteiger partial charge in [0.2, 0.25) is 0 Å². The molecular formula is C10H16N4. The number of nitrogens with two attached hydrogens (primary N) is 1. The summed E-state index contributed by atoms with van der Waals surface area (Å²) in [5.41, 5.74) is 5.61. The van der Waals surface area contributed by atoms with Gasteiger partial charge in [-0.2, -0.15) is 0 Å². The van der Waals surface area contributed by atoms with Crippen molar-refractivity contribution >= 4 is 11.6 Å². The number of rotatable bonds is 1. The first kappa shape index (κ1) is 9.24. The third-order valence-electron chi connectivity index (χ3n) is 2.74. The molecule has 1 unspecified atom stereocenters. The highest BCUT2D eigenvalue weighted by Gasteiger charge is 2.19. The Labute approximate surface area is 84.2 Å². The van der Waals surface area contributed by atoms with E-state index in [4.69, 9.17) is 5.73 Å². The highest BCUT2D eigenvalue weighted by molar-refractivity contribution is 5.42. The van der Waals surface area contributed by atoms with E-state index in [-0.39, 0.29) is 0 Å². The van der Waals surface area contributed by atoms with Gasteiger partial charge >= 0.3 is 0 Å². The van der Waals surface area contributed by atoms with Gasteiger partial charge in [0.25, 0.3) is 0 Å². The van der Waals surface area contributed by atoms with Crippen LogP contribution in [0.2, 0.25) is 0 Å². The van der Waals surface area contributed by atoms with E-state index in [1.165, 1.54) is 19.3 Å². The lowest BCUT2D eigenvalue weighted by Gasteiger charge is -2.34. The predicted molar refractivity (Wildman–Crippen MR) is 57.1 cm³/mol. The Bertz CT molecular complexity index is 313. The van der Waals surface area contributed by atoms with E-state index < -0.39 is 0 Å². The molecule has 4 heteroatoms. The lowest BCUT2D eigenvalue weighted by molar-refractivity contribution is 0.481. The van der Waals surface area contributed by atoms with Gasteiger partial charge in [0.05, 0.1) is 12.4 Å². The molecule has 0 bridgehead atoms. The van der Waals surface area contributed by atoms with Crippen LogP contribution in [0.4, 0.5) is 11.6 Å². The number of aromatic nitrogens is 2. The first-order valence-corrected chi connectivity index (χ1v) is 5.11. The first-order chi connectivity index (χ1) is 6.77. The molecule has 1 fully saturated rings. The highest BCUT2D eigenvalue weighted by atomic mass is 15.2.